The first kappa shape index (κ1) is 25.6. The van der Waals surface area contributed by atoms with Crippen molar-refractivity contribution in [1.82, 2.24) is 15.4 Å². The topological polar surface area (TPSA) is 96.5 Å². The predicted octanol–water partition coefficient (Wildman–Crippen LogP) is 1.26. The Morgan fingerprint density at radius 3 is 2.69 bits per heavy atom. The first-order chi connectivity index (χ1) is 13.4. The van der Waals surface area contributed by atoms with Crippen LogP contribution >= 0.6 is 23.6 Å². The second-order valence-electron chi connectivity index (χ2n) is 5.56. The molecule has 3 N–H and O–H groups in total. The third-order valence-corrected chi connectivity index (χ3v) is 6.27. The van der Waals surface area contributed by atoms with Gasteiger partial charge < -0.3 is 15.4 Å². The Balaban J connectivity index is 0.00000420. The van der Waals surface area contributed by atoms with Crippen molar-refractivity contribution in [2.75, 3.05) is 20.7 Å². The van der Waals surface area contributed by atoms with Crippen molar-refractivity contribution in [2.45, 2.75) is 11.3 Å². The first-order valence-electron chi connectivity index (χ1n) is 8.26. The van der Waals surface area contributed by atoms with Gasteiger partial charge in [0, 0.05) is 24.5 Å². The average molecular weight is 464 g/mol. The van der Waals surface area contributed by atoms with Gasteiger partial charge in [0.1, 0.15) is 10.6 Å². The van der Waals surface area contributed by atoms with Crippen molar-refractivity contribution in [2.24, 2.45) is 0 Å². The molecule has 0 atom stereocenters. The van der Waals surface area contributed by atoms with E-state index in [1.54, 1.807) is 29.5 Å². The molecule has 0 radical (unpaired) electrons. The van der Waals surface area contributed by atoms with Crippen molar-refractivity contribution in [3.63, 3.8) is 0 Å². The molecule has 0 unspecified atom stereocenters. The van der Waals surface area contributed by atoms with E-state index in [-0.39, 0.29) is 51.2 Å². The maximum atomic E-state index is 12.5. The van der Waals surface area contributed by atoms with Crippen LogP contribution in [0.15, 0.2) is 46.7 Å². The van der Waals surface area contributed by atoms with Crippen LogP contribution in [0.1, 0.15) is 10.4 Å². The number of carbonyl (C=O) groups is 1. The summed E-state index contributed by atoms with van der Waals surface area (Å²) < 4.78 is 32.4. The van der Waals surface area contributed by atoms with Crippen LogP contribution in [0.5, 0.6) is 5.75 Å². The van der Waals surface area contributed by atoms with Crippen LogP contribution < -0.4 is 20.1 Å². The molecule has 0 aliphatic rings. The number of methoxy groups -OCH3 is 1. The number of thiophene rings is 1. The van der Waals surface area contributed by atoms with Gasteiger partial charge in [-0.3, -0.25) is 9.52 Å². The molecule has 152 valence electrons. The van der Waals surface area contributed by atoms with Crippen molar-refractivity contribution >= 4 is 80.2 Å². The molecule has 1 aromatic heterocycles. The fraction of sp³-hybridized carbons (Fsp3) is 0.222. The third-order valence-electron chi connectivity index (χ3n) is 3.63. The monoisotopic (exact) mass is 463 g/mol. The van der Waals surface area contributed by atoms with Crippen molar-refractivity contribution in [3.05, 3.63) is 52.2 Å². The molecule has 0 saturated heterocycles. The summed E-state index contributed by atoms with van der Waals surface area (Å²) in [4.78, 5) is 12.8. The Labute approximate surface area is 202 Å². The molecule has 7 nitrogen and oxygen atoms in total. The van der Waals surface area contributed by atoms with E-state index in [9.17, 15) is 13.2 Å². The third kappa shape index (κ3) is 8.07. The molecule has 1 amide bonds. The standard InChI is InChI=1S/C18H21N3O4S3.Na.H/c1-19-18(26)21-28(23,24)16-12-13(5-7-15(16)25-2)9-10-20-17(22)8-6-14-4-3-11-27-14;;/h3-8,11-12H,9-10H2,1-2H3,(H,20,22)(H2,19,21,26);;. The summed E-state index contributed by atoms with van der Waals surface area (Å²) in [6.07, 6.45) is 3.67. The molecule has 0 bridgehead atoms. The van der Waals surface area contributed by atoms with Crippen molar-refractivity contribution < 1.29 is 17.9 Å². The maximum absolute atomic E-state index is 12.5. The second kappa shape index (κ2) is 12.3. The summed E-state index contributed by atoms with van der Waals surface area (Å²) in [6.45, 7) is 0.363. The summed E-state index contributed by atoms with van der Waals surface area (Å²) >= 11 is 6.42. The Morgan fingerprint density at radius 1 is 1.31 bits per heavy atom. The second-order valence-corrected chi connectivity index (χ2v) is 8.60. The molecule has 11 heteroatoms. The number of ether oxygens (including phenoxy) is 1. The summed E-state index contributed by atoms with van der Waals surface area (Å²) in [5.41, 5.74) is 0.735. The summed E-state index contributed by atoms with van der Waals surface area (Å²) in [5.74, 6) is -0.00568. The van der Waals surface area contributed by atoms with Crippen LogP contribution in [0.4, 0.5) is 0 Å². The predicted molar refractivity (Wildman–Crippen MR) is 122 cm³/mol. The Hall–Kier alpha value is -1.43. The van der Waals surface area contributed by atoms with Gasteiger partial charge in [-0.15, -0.1) is 11.3 Å². The van der Waals surface area contributed by atoms with E-state index in [0.29, 0.717) is 13.0 Å². The Kier molecular flexibility index (Phi) is 10.9. The van der Waals surface area contributed by atoms with Crippen LogP contribution in [0.25, 0.3) is 6.08 Å². The van der Waals surface area contributed by atoms with Gasteiger partial charge in [-0.25, -0.2) is 8.42 Å². The van der Waals surface area contributed by atoms with Gasteiger partial charge in [-0.1, -0.05) is 12.1 Å². The van der Waals surface area contributed by atoms with Gasteiger partial charge in [0.25, 0.3) is 10.0 Å². The average Bonchev–Trinajstić information content (AvgIpc) is 3.19. The number of hydrogen-bond acceptors (Lipinski definition) is 6. The van der Waals surface area contributed by atoms with Gasteiger partial charge in [0.2, 0.25) is 5.91 Å². The fourth-order valence-corrected chi connectivity index (χ4v) is 4.37. The van der Waals surface area contributed by atoms with Gasteiger partial charge in [0.15, 0.2) is 5.11 Å². The van der Waals surface area contributed by atoms with E-state index in [4.69, 9.17) is 17.0 Å². The molecule has 0 fully saturated rings. The van der Waals surface area contributed by atoms with Gasteiger partial charge in [0.05, 0.1) is 7.11 Å². The molecule has 0 aliphatic heterocycles. The molecular formula is C18H22N3NaO4S3. The number of benzene rings is 1. The molecular weight excluding hydrogens is 441 g/mol. The quantitative estimate of drug-likeness (QED) is 0.310. The number of nitrogens with one attached hydrogen (secondary N) is 3. The van der Waals surface area contributed by atoms with Crippen LogP contribution in [0.3, 0.4) is 0 Å². The van der Waals surface area contributed by atoms with Gasteiger partial charge >= 0.3 is 29.6 Å². The van der Waals surface area contributed by atoms with Crippen LogP contribution in [0, 0.1) is 0 Å². The molecule has 29 heavy (non-hydrogen) atoms. The van der Waals surface area contributed by atoms with Crippen LogP contribution in [-0.2, 0) is 21.2 Å². The minimum atomic E-state index is -3.89. The molecule has 1 heterocycles. The SMILES string of the molecule is CNC(=S)NS(=O)(=O)c1cc(CCNC(=O)C=Cc2cccs2)ccc1OC.[NaH]. The molecule has 0 aliphatic carbocycles. The van der Waals surface area contributed by atoms with E-state index in [1.165, 1.54) is 26.3 Å². The number of rotatable bonds is 8. The van der Waals surface area contributed by atoms with E-state index in [0.717, 1.165) is 10.4 Å². The van der Waals surface area contributed by atoms with Crippen LogP contribution in [0.2, 0.25) is 0 Å². The summed E-state index contributed by atoms with van der Waals surface area (Å²) in [7, 11) is -0.973. The molecule has 2 aromatic rings. The summed E-state index contributed by atoms with van der Waals surface area (Å²) in [5, 5.41) is 7.25. The fourth-order valence-electron chi connectivity index (χ4n) is 2.25. The van der Waals surface area contributed by atoms with Crippen LogP contribution in [-0.4, -0.2) is 69.7 Å². The molecule has 2 rings (SSSR count). The minimum absolute atomic E-state index is 0. The molecule has 1 aromatic carbocycles. The molecule has 0 spiro atoms. The van der Waals surface area contributed by atoms with Gasteiger partial charge in [-0.2, -0.15) is 0 Å². The first-order valence-corrected chi connectivity index (χ1v) is 11.0. The van der Waals surface area contributed by atoms with E-state index in [2.05, 4.69) is 15.4 Å². The molecule has 0 saturated carbocycles. The van der Waals surface area contributed by atoms with Gasteiger partial charge in [-0.05, 0) is 53.9 Å². The summed E-state index contributed by atoms with van der Waals surface area (Å²) in [6, 6.07) is 8.66. The number of amides is 1. The Morgan fingerprint density at radius 2 is 2.07 bits per heavy atom. The number of sulfonamides is 1. The zero-order valence-electron chi connectivity index (χ0n) is 15.4. The normalized spacial score (nSPS) is 10.8. The van der Waals surface area contributed by atoms with E-state index < -0.39 is 10.0 Å². The van der Waals surface area contributed by atoms with Crippen molar-refractivity contribution in [1.29, 1.82) is 0 Å². The van der Waals surface area contributed by atoms with Crippen molar-refractivity contribution in [3.8, 4) is 5.75 Å². The number of carbonyl (C=O) groups excluding carboxylic acids is 1. The Bertz CT molecular complexity index is 961. The number of hydrogen-bond donors (Lipinski definition) is 3. The van der Waals surface area contributed by atoms with E-state index >= 15 is 0 Å². The van der Waals surface area contributed by atoms with E-state index in [1.807, 2.05) is 17.5 Å². The zero-order chi connectivity index (χ0) is 20.6. The zero-order valence-corrected chi connectivity index (χ0v) is 17.8. The number of thiocarbonyl (C=S) groups is 1.